The van der Waals surface area contributed by atoms with Crippen LogP contribution < -0.4 is 10.6 Å². The third-order valence-corrected chi connectivity index (χ3v) is 3.91. The Hall–Kier alpha value is -2.28. The highest BCUT2D eigenvalue weighted by Crippen LogP contribution is 2.21. The van der Waals surface area contributed by atoms with Gasteiger partial charge in [-0.15, -0.1) is 5.10 Å². The van der Waals surface area contributed by atoms with Crippen molar-refractivity contribution in [2.45, 2.75) is 13.8 Å². The summed E-state index contributed by atoms with van der Waals surface area (Å²) in [5, 5.41) is 17.4. The average Bonchev–Trinajstić information content (AvgIpc) is 3.10. The van der Waals surface area contributed by atoms with Gasteiger partial charge >= 0.3 is 0 Å². The fourth-order valence-electron chi connectivity index (χ4n) is 2.66. The van der Waals surface area contributed by atoms with Crippen LogP contribution in [0.5, 0.6) is 0 Å². The zero-order chi connectivity index (χ0) is 14.8. The van der Waals surface area contributed by atoms with Crippen molar-refractivity contribution in [1.29, 1.82) is 0 Å². The summed E-state index contributed by atoms with van der Waals surface area (Å²) in [5.41, 5.74) is 2.69. The van der Waals surface area contributed by atoms with Crippen LogP contribution in [0.1, 0.15) is 12.5 Å². The third kappa shape index (κ3) is 2.78. The van der Waals surface area contributed by atoms with E-state index in [1.165, 1.54) is 0 Å². The lowest BCUT2D eigenvalue weighted by molar-refractivity contribution is -0.120. The molecular formula is C14H18N6O. The van der Waals surface area contributed by atoms with Crippen molar-refractivity contribution < 1.29 is 4.79 Å². The Morgan fingerprint density at radius 3 is 2.90 bits per heavy atom. The molecule has 7 nitrogen and oxygen atoms in total. The number of rotatable bonds is 3. The number of aryl methyl sites for hydroxylation is 1. The summed E-state index contributed by atoms with van der Waals surface area (Å²) in [6, 6.07) is 5.70. The Bertz CT molecular complexity index is 639. The molecule has 0 unspecified atom stereocenters. The van der Waals surface area contributed by atoms with E-state index in [1.54, 1.807) is 11.0 Å². The summed E-state index contributed by atoms with van der Waals surface area (Å²) in [7, 11) is 0. The molecule has 1 aromatic heterocycles. The zero-order valence-electron chi connectivity index (χ0n) is 12.1. The van der Waals surface area contributed by atoms with Gasteiger partial charge in [0.1, 0.15) is 6.33 Å². The highest BCUT2D eigenvalue weighted by atomic mass is 16.1. The number of carbonyl (C=O) groups excluding carboxylic acids is 1. The summed E-state index contributed by atoms with van der Waals surface area (Å²) in [6.45, 7) is 5.70. The molecule has 7 heteroatoms. The monoisotopic (exact) mass is 286 g/mol. The van der Waals surface area contributed by atoms with Crippen LogP contribution in [0.25, 0.3) is 5.69 Å². The molecule has 2 heterocycles. The molecule has 1 amide bonds. The van der Waals surface area contributed by atoms with Gasteiger partial charge in [0.05, 0.1) is 11.6 Å². The smallest absolute Gasteiger partial charge is 0.229 e. The molecule has 110 valence electrons. The van der Waals surface area contributed by atoms with Gasteiger partial charge in [-0.25, -0.2) is 4.68 Å². The van der Waals surface area contributed by atoms with E-state index in [2.05, 4.69) is 33.1 Å². The normalized spacial score (nSPS) is 21.4. The maximum absolute atomic E-state index is 12.3. The number of nitrogens with one attached hydrogen (secondary N) is 2. The molecule has 1 aliphatic rings. The summed E-state index contributed by atoms with van der Waals surface area (Å²) in [6.07, 6.45) is 1.55. The van der Waals surface area contributed by atoms with E-state index < -0.39 is 0 Å². The largest absolute Gasteiger partial charge is 0.326 e. The molecule has 1 aliphatic heterocycles. The van der Waals surface area contributed by atoms with Gasteiger partial charge in [-0.3, -0.25) is 4.79 Å². The Morgan fingerprint density at radius 1 is 1.43 bits per heavy atom. The first-order chi connectivity index (χ1) is 10.1. The molecule has 2 N–H and O–H groups in total. The molecule has 1 fully saturated rings. The van der Waals surface area contributed by atoms with Crippen LogP contribution in [0.4, 0.5) is 5.69 Å². The fraction of sp³-hybridized carbons (Fsp3) is 0.429. The second-order valence-electron chi connectivity index (χ2n) is 5.49. The number of tetrazole rings is 1. The minimum Gasteiger partial charge on any atom is -0.326 e. The lowest BCUT2D eigenvalue weighted by Crippen LogP contribution is -2.27. The SMILES string of the molecule is Cc1cc(NC(=O)[C@@H]2CNC[C@H]2C)ccc1-n1cnnn1. The van der Waals surface area contributed by atoms with Crippen LogP contribution >= 0.6 is 0 Å². The van der Waals surface area contributed by atoms with Gasteiger partial charge in [0.2, 0.25) is 5.91 Å². The van der Waals surface area contributed by atoms with E-state index in [-0.39, 0.29) is 11.8 Å². The van der Waals surface area contributed by atoms with Crippen LogP contribution in [0.15, 0.2) is 24.5 Å². The van der Waals surface area contributed by atoms with Crippen molar-refractivity contribution in [3.8, 4) is 5.69 Å². The quantitative estimate of drug-likeness (QED) is 0.870. The number of nitrogens with zero attached hydrogens (tertiary/aromatic N) is 4. The lowest BCUT2D eigenvalue weighted by Gasteiger charge is -2.15. The van der Waals surface area contributed by atoms with Crippen molar-refractivity contribution in [3.05, 3.63) is 30.1 Å². The minimum atomic E-state index is 0.0319. The summed E-state index contributed by atoms with van der Waals surface area (Å²) in [5.74, 6) is 0.471. The van der Waals surface area contributed by atoms with E-state index in [0.29, 0.717) is 5.92 Å². The Kier molecular flexibility index (Phi) is 3.66. The highest BCUT2D eigenvalue weighted by Gasteiger charge is 2.29. The van der Waals surface area contributed by atoms with Gasteiger partial charge in [-0.05, 0) is 53.6 Å². The van der Waals surface area contributed by atoms with Crippen LogP contribution in [0, 0.1) is 18.8 Å². The van der Waals surface area contributed by atoms with Crippen molar-refractivity contribution in [2.24, 2.45) is 11.8 Å². The Balaban J connectivity index is 1.75. The first kappa shape index (κ1) is 13.7. The van der Waals surface area contributed by atoms with Crippen molar-refractivity contribution in [2.75, 3.05) is 18.4 Å². The van der Waals surface area contributed by atoms with Gasteiger partial charge < -0.3 is 10.6 Å². The van der Waals surface area contributed by atoms with Crippen LogP contribution in [0.2, 0.25) is 0 Å². The fourth-order valence-corrected chi connectivity index (χ4v) is 2.66. The first-order valence-corrected chi connectivity index (χ1v) is 7.01. The number of amides is 1. The van der Waals surface area contributed by atoms with Gasteiger partial charge in [-0.1, -0.05) is 6.92 Å². The van der Waals surface area contributed by atoms with E-state index >= 15 is 0 Å². The van der Waals surface area contributed by atoms with Crippen LogP contribution in [-0.2, 0) is 4.79 Å². The van der Waals surface area contributed by atoms with Crippen molar-refractivity contribution in [1.82, 2.24) is 25.5 Å². The molecule has 2 aromatic rings. The molecule has 0 aliphatic carbocycles. The second-order valence-corrected chi connectivity index (χ2v) is 5.49. The van der Waals surface area contributed by atoms with E-state index in [9.17, 15) is 4.79 Å². The average molecular weight is 286 g/mol. The Labute approximate surface area is 122 Å². The lowest BCUT2D eigenvalue weighted by atomic mass is 9.97. The summed E-state index contributed by atoms with van der Waals surface area (Å²) >= 11 is 0. The number of benzene rings is 1. The topological polar surface area (TPSA) is 84.7 Å². The number of carbonyl (C=O) groups is 1. The predicted molar refractivity (Wildman–Crippen MR) is 78.0 cm³/mol. The molecule has 0 saturated carbocycles. The highest BCUT2D eigenvalue weighted by molar-refractivity contribution is 5.93. The number of aromatic nitrogens is 4. The zero-order valence-corrected chi connectivity index (χ0v) is 12.1. The Morgan fingerprint density at radius 2 is 2.29 bits per heavy atom. The number of anilines is 1. The predicted octanol–water partition coefficient (Wildman–Crippen LogP) is 0.765. The second kappa shape index (κ2) is 5.61. The first-order valence-electron chi connectivity index (χ1n) is 7.01. The molecule has 0 radical (unpaired) electrons. The minimum absolute atomic E-state index is 0.0319. The standard InChI is InChI=1S/C14H18N6O/c1-9-5-11(3-4-13(9)20-8-16-18-19-20)17-14(21)12-7-15-6-10(12)2/h3-5,8,10,12,15H,6-7H2,1-2H3,(H,17,21)/t10-,12-/m1/s1. The van der Waals surface area contributed by atoms with Crippen LogP contribution in [0.3, 0.4) is 0 Å². The van der Waals surface area contributed by atoms with Crippen molar-refractivity contribution in [3.63, 3.8) is 0 Å². The van der Waals surface area contributed by atoms with Crippen LogP contribution in [-0.4, -0.2) is 39.2 Å². The number of hydrogen-bond donors (Lipinski definition) is 2. The molecule has 0 bridgehead atoms. The maximum Gasteiger partial charge on any atom is 0.229 e. The molecule has 3 rings (SSSR count). The van der Waals surface area contributed by atoms with Gasteiger partial charge in [-0.2, -0.15) is 0 Å². The molecule has 21 heavy (non-hydrogen) atoms. The van der Waals surface area contributed by atoms with E-state index in [1.807, 2.05) is 25.1 Å². The van der Waals surface area contributed by atoms with Gasteiger partial charge in [0, 0.05) is 12.2 Å². The van der Waals surface area contributed by atoms with E-state index in [4.69, 9.17) is 0 Å². The molecule has 0 spiro atoms. The number of hydrogen-bond acceptors (Lipinski definition) is 5. The molecule has 1 aromatic carbocycles. The molecular weight excluding hydrogens is 268 g/mol. The van der Waals surface area contributed by atoms with Crippen molar-refractivity contribution >= 4 is 11.6 Å². The molecule has 1 saturated heterocycles. The third-order valence-electron chi connectivity index (χ3n) is 3.91. The van der Waals surface area contributed by atoms with E-state index in [0.717, 1.165) is 30.0 Å². The molecule has 2 atom stereocenters. The van der Waals surface area contributed by atoms with Gasteiger partial charge in [0.15, 0.2) is 0 Å². The van der Waals surface area contributed by atoms with Gasteiger partial charge in [0.25, 0.3) is 0 Å². The summed E-state index contributed by atoms with van der Waals surface area (Å²) in [4.78, 5) is 12.3. The summed E-state index contributed by atoms with van der Waals surface area (Å²) < 4.78 is 1.60. The maximum atomic E-state index is 12.3.